The summed E-state index contributed by atoms with van der Waals surface area (Å²) in [5, 5.41) is 9.65. The molecule has 82 valence electrons. The van der Waals surface area contributed by atoms with Gasteiger partial charge in [-0.3, -0.25) is 4.79 Å². The normalized spacial score (nSPS) is 17.8. The minimum Gasteiger partial charge on any atom is -0.468 e. The van der Waals surface area contributed by atoms with E-state index in [-0.39, 0.29) is 5.92 Å². The maximum atomic E-state index is 11.0. The lowest BCUT2D eigenvalue weighted by atomic mass is 9.95. The van der Waals surface area contributed by atoms with Crippen LogP contribution in [0, 0.1) is 5.92 Å². The number of hydrogen-bond acceptors (Lipinski definition) is 4. The molecule has 0 aromatic rings. The van der Waals surface area contributed by atoms with Crippen LogP contribution in [0.25, 0.3) is 0 Å². The van der Waals surface area contributed by atoms with Gasteiger partial charge in [0.05, 0.1) is 13.2 Å². The van der Waals surface area contributed by atoms with Crippen LogP contribution in [0.1, 0.15) is 20.3 Å². The fourth-order valence-electron chi connectivity index (χ4n) is 1.12. The highest BCUT2D eigenvalue weighted by Crippen LogP contribution is 2.12. The molecule has 3 atom stereocenters. The third-order valence-corrected chi connectivity index (χ3v) is 2.17. The minimum absolute atomic E-state index is 0.0553. The monoisotopic (exact) mass is 201 g/mol. The molecule has 0 aromatic carbocycles. The first-order valence-electron chi connectivity index (χ1n) is 4.67. The lowest BCUT2D eigenvalue weighted by Crippen LogP contribution is -2.45. The number of aliphatic hydroxyl groups is 1. The number of carbonyl (C=O) groups is 1. The van der Waals surface area contributed by atoms with Gasteiger partial charge in [-0.2, -0.15) is 0 Å². The van der Waals surface area contributed by atoms with Crippen LogP contribution in [0.5, 0.6) is 0 Å². The number of carbonyl (C=O) groups excluding carboxylic acids is 1. The number of esters is 1. The second-order valence-electron chi connectivity index (χ2n) is 3.32. The van der Waals surface area contributed by atoms with Gasteiger partial charge in [0.25, 0.3) is 0 Å². The van der Waals surface area contributed by atoms with Crippen LogP contribution in [-0.2, 0) is 9.53 Å². The second kappa shape index (κ2) is 6.56. The van der Waals surface area contributed by atoms with Crippen molar-refractivity contribution in [2.75, 3.05) is 7.11 Å². The maximum Gasteiger partial charge on any atom is 0.325 e. The molecule has 0 aliphatic heterocycles. The Morgan fingerprint density at radius 3 is 2.64 bits per heavy atom. The molecule has 0 amide bonds. The van der Waals surface area contributed by atoms with Gasteiger partial charge in [0, 0.05) is 0 Å². The molecule has 0 saturated carbocycles. The summed E-state index contributed by atoms with van der Waals surface area (Å²) in [5.74, 6) is -0.634. The molecular formula is C10H19NO3. The topological polar surface area (TPSA) is 72.5 Å². The van der Waals surface area contributed by atoms with Crippen molar-refractivity contribution in [3.05, 3.63) is 12.2 Å². The van der Waals surface area contributed by atoms with Crippen LogP contribution in [0.4, 0.5) is 0 Å². The lowest BCUT2D eigenvalue weighted by Gasteiger charge is -2.21. The van der Waals surface area contributed by atoms with Crippen molar-refractivity contribution in [2.45, 2.75) is 32.4 Å². The Morgan fingerprint density at radius 1 is 1.64 bits per heavy atom. The Morgan fingerprint density at radius 2 is 2.21 bits per heavy atom. The fraction of sp³-hybridized carbons (Fsp3) is 0.700. The van der Waals surface area contributed by atoms with Gasteiger partial charge in [0.15, 0.2) is 0 Å². The summed E-state index contributed by atoms with van der Waals surface area (Å²) in [6.45, 7) is 3.74. The van der Waals surface area contributed by atoms with Crippen molar-refractivity contribution in [3.63, 3.8) is 0 Å². The zero-order valence-electron chi connectivity index (χ0n) is 8.93. The van der Waals surface area contributed by atoms with Crippen LogP contribution in [0.2, 0.25) is 0 Å². The molecule has 0 spiro atoms. The highest BCUT2D eigenvalue weighted by Gasteiger charge is 2.27. The van der Waals surface area contributed by atoms with Gasteiger partial charge >= 0.3 is 5.97 Å². The van der Waals surface area contributed by atoms with Crippen molar-refractivity contribution < 1.29 is 14.6 Å². The molecular weight excluding hydrogens is 182 g/mol. The van der Waals surface area contributed by atoms with Gasteiger partial charge in [0.1, 0.15) is 6.04 Å². The molecule has 4 nitrogen and oxygen atoms in total. The number of methoxy groups -OCH3 is 1. The molecule has 3 N–H and O–H groups in total. The molecule has 0 radical (unpaired) electrons. The molecule has 0 aliphatic rings. The number of rotatable bonds is 5. The molecule has 0 unspecified atom stereocenters. The average molecular weight is 201 g/mol. The summed E-state index contributed by atoms with van der Waals surface area (Å²) in [6, 6.07) is -0.958. The number of aliphatic hydroxyl groups excluding tert-OH is 1. The summed E-state index contributed by atoms with van der Waals surface area (Å²) in [5.41, 5.74) is 5.50. The molecule has 14 heavy (non-hydrogen) atoms. The van der Waals surface area contributed by atoms with Crippen LogP contribution in [0.15, 0.2) is 12.2 Å². The van der Waals surface area contributed by atoms with Gasteiger partial charge in [-0.1, -0.05) is 19.1 Å². The molecule has 4 heteroatoms. The number of hydrogen-bond donors (Lipinski definition) is 2. The molecule has 0 aromatic heterocycles. The highest BCUT2D eigenvalue weighted by molar-refractivity contribution is 5.76. The molecule has 0 heterocycles. The Balaban J connectivity index is 4.15. The van der Waals surface area contributed by atoms with Crippen LogP contribution in [-0.4, -0.2) is 30.3 Å². The van der Waals surface area contributed by atoms with E-state index in [0.717, 1.165) is 0 Å². The predicted octanol–water partition coefficient (Wildman–Crippen LogP) is 0.450. The molecule has 0 bridgehead atoms. The van der Waals surface area contributed by atoms with Gasteiger partial charge < -0.3 is 15.6 Å². The van der Waals surface area contributed by atoms with E-state index in [9.17, 15) is 9.90 Å². The predicted molar refractivity (Wildman–Crippen MR) is 54.6 cm³/mol. The first-order chi connectivity index (χ1) is 6.54. The quantitative estimate of drug-likeness (QED) is 0.500. The number of nitrogens with two attached hydrogens (primary N) is 1. The minimum atomic E-state index is -0.958. The van der Waals surface area contributed by atoms with Crippen molar-refractivity contribution >= 4 is 5.97 Å². The Labute approximate surface area is 84.7 Å². The highest BCUT2D eigenvalue weighted by atomic mass is 16.5. The zero-order valence-corrected chi connectivity index (χ0v) is 8.93. The van der Waals surface area contributed by atoms with E-state index in [1.54, 1.807) is 0 Å². The van der Waals surface area contributed by atoms with Crippen LogP contribution in [0.3, 0.4) is 0 Å². The second-order valence-corrected chi connectivity index (χ2v) is 3.32. The summed E-state index contributed by atoms with van der Waals surface area (Å²) >= 11 is 0. The SMILES string of the molecule is C/C=C/C[C@@H](C)[C@@H](O)[C@H](N)C(=O)OC. The van der Waals surface area contributed by atoms with E-state index in [4.69, 9.17) is 5.73 Å². The van der Waals surface area contributed by atoms with Crippen LogP contribution < -0.4 is 5.73 Å². The largest absolute Gasteiger partial charge is 0.468 e. The fourth-order valence-corrected chi connectivity index (χ4v) is 1.12. The van der Waals surface area contributed by atoms with Crippen molar-refractivity contribution in [3.8, 4) is 0 Å². The summed E-state index contributed by atoms with van der Waals surface area (Å²) in [4.78, 5) is 11.0. The van der Waals surface area contributed by atoms with Crippen molar-refractivity contribution in [1.82, 2.24) is 0 Å². The van der Waals surface area contributed by atoms with Crippen LogP contribution >= 0.6 is 0 Å². The summed E-state index contributed by atoms with van der Waals surface area (Å²) in [6.07, 6.45) is 3.66. The Hall–Kier alpha value is -0.870. The van der Waals surface area contributed by atoms with Gasteiger partial charge in [-0.05, 0) is 19.3 Å². The third kappa shape index (κ3) is 3.89. The number of allylic oxidation sites excluding steroid dienone is 2. The Kier molecular flexibility index (Phi) is 6.16. The number of ether oxygens (including phenoxy) is 1. The summed E-state index contributed by atoms with van der Waals surface area (Å²) in [7, 11) is 1.26. The standard InChI is InChI=1S/C10H19NO3/c1-4-5-6-7(2)9(12)8(11)10(13)14-3/h4-5,7-9,12H,6,11H2,1-3H3/b5-4+/t7-,8+,9-/m1/s1. The summed E-state index contributed by atoms with van der Waals surface area (Å²) < 4.78 is 4.45. The van der Waals surface area contributed by atoms with E-state index in [1.165, 1.54) is 7.11 Å². The smallest absolute Gasteiger partial charge is 0.325 e. The first kappa shape index (κ1) is 13.1. The van der Waals surface area contributed by atoms with E-state index in [1.807, 2.05) is 26.0 Å². The maximum absolute atomic E-state index is 11.0. The van der Waals surface area contributed by atoms with Gasteiger partial charge in [-0.15, -0.1) is 0 Å². The van der Waals surface area contributed by atoms with Gasteiger partial charge in [0.2, 0.25) is 0 Å². The molecule has 0 fully saturated rings. The average Bonchev–Trinajstić information content (AvgIpc) is 2.22. The van der Waals surface area contributed by atoms with Crippen molar-refractivity contribution in [1.29, 1.82) is 0 Å². The van der Waals surface area contributed by atoms with Crippen molar-refractivity contribution in [2.24, 2.45) is 11.7 Å². The van der Waals surface area contributed by atoms with E-state index >= 15 is 0 Å². The molecule has 0 saturated heterocycles. The first-order valence-corrected chi connectivity index (χ1v) is 4.67. The zero-order chi connectivity index (χ0) is 11.1. The van der Waals surface area contributed by atoms with E-state index in [2.05, 4.69) is 4.74 Å². The van der Waals surface area contributed by atoms with Gasteiger partial charge in [-0.25, -0.2) is 0 Å². The third-order valence-electron chi connectivity index (χ3n) is 2.17. The Bertz CT molecular complexity index is 204. The molecule has 0 rings (SSSR count). The molecule has 0 aliphatic carbocycles. The lowest BCUT2D eigenvalue weighted by molar-refractivity contribution is -0.145. The van der Waals surface area contributed by atoms with E-state index < -0.39 is 18.1 Å². The van der Waals surface area contributed by atoms with E-state index in [0.29, 0.717) is 6.42 Å².